The van der Waals surface area contributed by atoms with E-state index in [4.69, 9.17) is 45.4 Å². The summed E-state index contributed by atoms with van der Waals surface area (Å²) in [7, 11) is 0. The second-order valence-corrected chi connectivity index (χ2v) is 17.5. The van der Waals surface area contributed by atoms with Gasteiger partial charge in [0.15, 0.2) is 16.6 Å². The number of carbonyl (C=O) groups excluding carboxylic acids is 2. The number of aliphatic hydroxyl groups is 1. The minimum Gasteiger partial charge on any atom is -0.491 e. The summed E-state index contributed by atoms with van der Waals surface area (Å²) in [6.45, 7) is 6.25. The SMILES string of the molecule is CC1(C)C(=O)N(c2ccc(C#N)c(C(F)(F)F)c2)C(=S)N1c1ccc(C(=O)NCCOCCOCCOCCOCCNC[C@@H](O)COc2ccc(OCc3ccc(F)cc3)c(OCc3ccc(F)cc3)c2)c(F)c1. The standard InChI is InChI=1S/C53H55F6N5O10S/c1-52(2)50(67)63(40-12-7-37(30-60)45(27-40)53(57,58)59)51(75)64(52)41-13-15-44(46(56)28-41)49(66)62-18-20-69-22-24-71-26-25-70-23-21-68-19-17-61-31-42(65)34-72-43-14-16-47(73-32-35-3-8-38(54)9-4-35)48(29-43)74-33-36-5-10-39(55)11-6-36/h3-16,27-29,42,61,65H,17-26,31-34H2,1-2H3,(H,62,66)/t42-/m1/s1. The maximum Gasteiger partial charge on any atom is 0.417 e. The second-order valence-electron chi connectivity index (χ2n) is 17.1. The monoisotopic (exact) mass is 1070 g/mol. The lowest BCUT2D eigenvalue weighted by molar-refractivity contribution is -0.137. The molecule has 0 aromatic heterocycles. The van der Waals surface area contributed by atoms with Crippen molar-refractivity contribution in [2.75, 3.05) is 88.9 Å². The second kappa shape index (κ2) is 27.6. The number of nitrogens with one attached hydrogen (secondary N) is 2. The molecule has 15 nitrogen and oxygen atoms in total. The Hall–Kier alpha value is -6.84. The summed E-state index contributed by atoms with van der Waals surface area (Å²) in [6, 6.07) is 24.7. The zero-order valence-electron chi connectivity index (χ0n) is 40.9. The quantitative estimate of drug-likeness (QED) is 0.0240. The van der Waals surface area contributed by atoms with Crippen molar-refractivity contribution in [3.8, 4) is 23.3 Å². The molecule has 1 saturated heterocycles. The minimum absolute atomic E-state index is 0.0124. The van der Waals surface area contributed by atoms with E-state index in [0.717, 1.165) is 28.2 Å². The van der Waals surface area contributed by atoms with E-state index < -0.39 is 46.6 Å². The van der Waals surface area contributed by atoms with Crippen LogP contribution in [0.2, 0.25) is 0 Å². The normalized spacial score (nSPS) is 13.7. The van der Waals surface area contributed by atoms with Gasteiger partial charge in [-0.1, -0.05) is 24.3 Å². The topological polar surface area (TPSA) is 173 Å². The van der Waals surface area contributed by atoms with Crippen LogP contribution in [-0.4, -0.2) is 113 Å². The number of hydrogen-bond acceptors (Lipinski definition) is 13. The van der Waals surface area contributed by atoms with Crippen LogP contribution < -0.4 is 34.6 Å². The van der Waals surface area contributed by atoms with Crippen molar-refractivity contribution in [1.29, 1.82) is 5.26 Å². The molecule has 0 bridgehead atoms. The number of thiocarbonyl (C=S) groups is 1. The summed E-state index contributed by atoms with van der Waals surface area (Å²) in [6.07, 6.45) is -5.71. The molecule has 0 unspecified atom stereocenters. The lowest BCUT2D eigenvalue weighted by Gasteiger charge is -2.29. The summed E-state index contributed by atoms with van der Waals surface area (Å²) in [4.78, 5) is 28.5. The van der Waals surface area contributed by atoms with Crippen LogP contribution in [-0.2, 0) is 43.1 Å². The van der Waals surface area contributed by atoms with E-state index in [1.807, 2.05) is 0 Å². The van der Waals surface area contributed by atoms with Crippen LogP contribution in [0.5, 0.6) is 17.2 Å². The molecule has 22 heteroatoms. The average molecular weight is 1070 g/mol. The van der Waals surface area contributed by atoms with E-state index in [-0.39, 0.29) is 86.4 Å². The summed E-state index contributed by atoms with van der Waals surface area (Å²) in [5, 5.41) is 25.1. The largest absolute Gasteiger partial charge is 0.491 e. The van der Waals surface area contributed by atoms with E-state index in [9.17, 15) is 41.9 Å². The molecule has 0 spiro atoms. The van der Waals surface area contributed by atoms with Crippen LogP contribution in [0.4, 0.5) is 37.7 Å². The highest BCUT2D eigenvalue weighted by atomic mass is 32.1. The van der Waals surface area contributed by atoms with Gasteiger partial charge in [0.05, 0.1) is 81.3 Å². The van der Waals surface area contributed by atoms with Crippen LogP contribution in [0.25, 0.3) is 0 Å². The van der Waals surface area contributed by atoms with Crippen molar-refractivity contribution in [2.24, 2.45) is 0 Å². The number of hydrogen-bond donors (Lipinski definition) is 3. The number of nitriles is 1. The smallest absolute Gasteiger partial charge is 0.417 e. The first-order chi connectivity index (χ1) is 36.0. The Labute approximate surface area is 434 Å². The molecule has 1 fully saturated rings. The number of aliphatic hydroxyl groups excluding tert-OH is 1. The molecule has 1 heterocycles. The molecule has 2 amide bonds. The van der Waals surface area contributed by atoms with Gasteiger partial charge in [-0.2, -0.15) is 18.4 Å². The molecule has 1 aliphatic rings. The molecule has 0 radical (unpaired) electrons. The number of halogens is 6. The van der Waals surface area contributed by atoms with Crippen molar-refractivity contribution in [2.45, 2.75) is 44.9 Å². The zero-order chi connectivity index (χ0) is 54.0. The van der Waals surface area contributed by atoms with Gasteiger partial charge in [-0.3, -0.25) is 14.5 Å². The lowest BCUT2D eigenvalue weighted by Crippen LogP contribution is -2.44. The Balaban J connectivity index is 0.784. The maximum absolute atomic E-state index is 15.4. The highest BCUT2D eigenvalue weighted by Crippen LogP contribution is 2.40. The fraction of sp³-hybridized carbons (Fsp3) is 0.358. The van der Waals surface area contributed by atoms with Crippen LogP contribution in [0, 0.1) is 28.8 Å². The Bertz CT molecular complexity index is 2750. The minimum atomic E-state index is -4.87. The summed E-state index contributed by atoms with van der Waals surface area (Å²) >= 11 is 5.50. The molecule has 1 atom stereocenters. The number of rotatable bonds is 29. The predicted octanol–water partition coefficient (Wildman–Crippen LogP) is 7.89. The molecule has 0 saturated carbocycles. The van der Waals surface area contributed by atoms with E-state index >= 15 is 4.39 Å². The third kappa shape index (κ3) is 16.6. The Morgan fingerprint density at radius 2 is 1.28 bits per heavy atom. The van der Waals surface area contributed by atoms with Gasteiger partial charge in [-0.05, 0) is 110 Å². The third-order valence-corrected chi connectivity index (χ3v) is 11.6. The molecule has 6 rings (SSSR count). The number of alkyl halides is 3. The van der Waals surface area contributed by atoms with Gasteiger partial charge >= 0.3 is 6.18 Å². The fourth-order valence-corrected chi connectivity index (χ4v) is 7.86. The number of benzene rings is 5. The Kier molecular flexibility index (Phi) is 21.2. The summed E-state index contributed by atoms with van der Waals surface area (Å²) < 4.78 is 123. The van der Waals surface area contributed by atoms with E-state index in [1.165, 1.54) is 67.3 Å². The van der Waals surface area contributed by atoms with Gasteiger partial charge < -0.3 is 53.8 Å². The third-order valence-electron chi connectivity index (χ3n) is 11.2. The molecule has 1 aliphatic heterocycles. The van der Waals surface area contributed by atoms with E-state index in [1.54, 1.807) is 42.5 Å². The number of anilines is 2. The maximum atomic E-state index is 15.4. The van der Waals surface area contributed by atoms with Gasteiger partial charge in [0, 0.05) is 31.4 Å². The lowest BCUT2D eigenvalue weighted by atomic mass is 10.0. The number of amides is 2. The summed E-state index contributed by atoms with van der Waals surface area (Å²) in [5.41, 5.74) is -2.26. The van der Waals surface area contributed by atoms with Gasteiger partial charge in [0.25, 0.3) is 11.8 Å². The van der Waals surface area contributed by atoms with Gasteiger partial charge in [0.2, 0.25) is 0 Å². The molecule has 0 aliphatic carbocycles. The fourth-order valence-electron chi connectivity index (χ4n) is 7.34. The van der Waals surface area contributed by atoms with Gasteiger partial charge in [0.1, 0.15) is 54.7 Å². The van der Waals surface area contributed by atoms with Crippen LogP contribution in [0.3, 0.4) is 0 Å². The van der Waals surface area contributed by atoms with Gasteiger partial charge in [-0.25, -0.2) is 13.2 Å². The molecular formula is C53H55F6N5O10S. The molecule has 75 heavy (non-hydrogen) atoms. The summed E-state index contributed by atoms with van der Waals surface area (Å²) in [5.74, 6) is -1.85. The van der Waals surface area contributed by atoms with Crippen molar-refractivity contribution < 1.29 is 74.2 Å². The Morgan fingerprint density at radius 1 is 0.720 bits per heavy atom. The molecular weight excluding hydrogens is 1010 g/mol. The van der Waals surface area contributed by atoms with E-state index in [0.29, 0.717) is 62.9 Å². The molecule has 400 valence electrons. The van der Waals surface area contributed by atoms with Crippen LogP contribution in [0.15, 0.2) is 103 Å². The van der Waals surface area contributed by atoms with E-state index in [2.05, 4.69) is 10.6 Å². The van der Waals surface area contributed by atoms with Crippen molar-refractivity contribution >= 4 is 40.5 Å². The first kappa shape index (κ1) is 57.4. The Morgan fingerprint density at radius 3 is 1.85 bits per heavy atom. The highest BCUT2D eigenvalue weighted by Gasteiger charge is 2.51. The molecule has 3 N–H and O–H groups in total. The number of ether oxygens (including phenoxy) is 7. The van der Waals surface area contributed by atoms with Gasteiger partial charge in [-0.15, -0.1) is 0 Å². The average Bonchev–Trinajstić information content (AvgIpc) is 3.59. The highest BCUT2D eigenvalue weighted by molar-refractivity contribution is 7.81. The molecule has 5 aromatic carbocycles. The number of carbonyl (C=O) groups is 2. The number of nitrogens with zero attached hydrogens (tertiary/aromatic N) is 3. The van der Waals surface area contributed by atoms with Crippen LogP contribution >= 0.6 is 12.2 Å². The first-order valence-corrected chi connectivity index (χ1v) is 24.0. The zero-order valence-corrected chi connectivity index (χ0v) is 41.7. The van der Waals surface area contributed by atoms with Crippen molar-refractivity contribution in [1.82, 2.24) is 10.6 Å². The first-order valence-electron chi connectivity index (χ1n) is 23.5. The molecule has 5 aromatic rings. The predicted molar refractivity (Wildman–Crippen MR) is 267 cm³/mol. The van der Waals surface area contributed by atoms with Crippen molar-refractivity contribution in [3.63, 3.8) is 0 Å². The van der Waals surface area contributed by atoms with Crippen molar-refractivity contribution in [3.05, 3.63) is 148 Å². The van der Waals surface area contributed by atoms with Crippen LogP contribution in [0.1, 0.15) is 46.5 Å².